The Morgan fingerprint density at radius 3 is 2.19 bits per heavy atom. The quantitative estimate of drug-likeness (QED) is 0.143. The molecular formula is C39H42Cl2FN3O3. The normalized spacial score (nSPS) is 28.5. The molecule has 0 bridgehead atoms. The molecule has 48 heavy (non-hydrogen) atoms. The predicted molar refractivity (Wildman–Crippen MR) is 187 cm³/mol. The fourth-order valence-electron chi connectivity index (χ4n) is 9.08. The van der Waals surface area contributed by atoms with Crippen LogP contribution in [0.4, 0.5) is 10.1 Å². The van der Waals surface area contributed by atoms with Crippen molar-refractivity contribution in [3.8, 4) is 0 Å². The van der Waals surface area contributed by atoms with Crippen molar-refractivity contribution in [2.24, 2.45) is 5.41 Å². The number of ether oxygens (including phenoxy) is 2. The molecule has 2 aliphatic heterocycles. The van der Waals surface area contributed by atoms with Crippen molar-refractivity contribution in [2.75, 3.05) is 19.1 Å². The van der Waals surface area contributed by atoms with Gasteiger partial charge in [0.1, 0.15) is 18.7 Å². The number of hydrogen-bond donors (Lipinski definition) is 3. The van der Waals surface area contributed by atoms with Crippen LogP contribution < -0.4 is 11.2 Å². The summed E-state index contributed by atoms with van der Waals surface area (Å²) in [5, 5.41) is 12.4. The Bertz CT molecular complexity index is 1750. The Hall–Kier alpha value is -3.01. The van der Waals surface area contributed by atoms with Gasteiger partial charge in [0.15, 0.2) is 0 Å². The number of halogens is 3. The molecule has 6 nitrogen and oxygen atoms in total. The number of fused-ring (bicyclic) bond motifs is 2. The summed E-state index contributed by atoms with van der Waals surface area (Å²) in [6, 6.07) is 30.2. The second-order valence-corrected chi connectivity index (χ2v) is 15.1. The first kappa shape index (κ1) is 33.5. The summed E-state index contributed by atoms with van der Waals surface area (Å²) < 4.78 is 29.6. The van der Waals surface area contributed by atoms with Crippen LogP contribution in [0.3, 0.4) is 0 Å². The third-order valence-corrected chi connectivity index (χ3v) is 11.8. The van der Waals surface area contributed by atoms with Gasteiger partial charge in [-0.2, -0.15) is 5.48 Å². The summed E-state index contributed by atoms with van der Waals surface area (Å²) in [5.41, 5.74) is 11.2. The van der Waals surface area contributed by atoms with Gasteiger partial charge in [0.25, 0.3) is 0 Å². The number of benzene rings is 4. The Kier molecular flexibility index (Phi) is 9.09. The van der Waals surface area contributed by atoms with Gasteiger partial charge in [0.2, 0.25) is 0 Å². The Balaban J connectivity index is 1.60. The standard InChI is InChI=1S/C39H42Cl2FN3O3/c1-37(2)18-20-38(21-19-37)39(44-46,29-17-16-27(40)22-31(29)43)33(28-14-9-15-30(41)34(28)42)32-23-47-24-48-36(26-12-7-4-8-13-26)35(45(32)38)25-10-5-3-6-11-25/h3-17,22,32-33,35-36,44,46H,18-21,23-24,43H2,1-2H3/t32-,33-,35+,36-,39+/m0/s1. The lowest BCUT2D eigenvalue weighted by molar-refractivity contribution is -0.178. The van der Waals surface area contributed by atoms with E-state index in [9.17, 15) is 5.21 Å². The van der Waals surface area contributed by atoms with E-state index in [0.717, 1.165) is 24.0 Å². The van der Waals surface area contributed by atoms with E-state index in [1.54, 1.807) is 30.3 Å². The molecule has 5 atom stereocenters. The molecule has 4 aromatic carbocycles. The zero-order chi connectivity index (χ0) is 33.7. The van der Waals surface area contributed by atoms with Gasteiger partial charge in [0.05, 0.1) is 23.2 Å². The van der Waals surface area contributed by atoms with E-state index in [4.69, 9.17) is 38.4 Å². The average molecular weight is 691 g/mol. The molecule has 3 fully saturated rings. The van der Waals surface area contributed by atoms with Crippen LogP contribution >= 0.6 is 23.2 Å². The molecule has 1 aliphatic carbocycles. The van der Waals surface area contributed by atoms with E-state index >= 15 is 4.39 Å². The average Bonchev–Trinajstić information content (AvgIpc) is 3.29. The van der Waals surface area contributed by atoms with Gasteiger partial charge in [-0.25, -0.2) is 4.39 Å². The highest BCUT2D eigenvalue weighted by atomic mass is 35.5. The van der Waals surface area contributed by atoms with Gasteiger partial charge < -0.3 is 20.4 Å². The zero-order valence-corrected chi connectivity index (χ0v) is 28.7. The molecule has 3 aliphatic rings. The minimum atomic E-state index is -1.32. The van der Waals surface area contributed by atoms with E-state index in [1.807, 2.05) is 42.5 Å². The third kappa shape index (κ3) is 5.35. The van der Waals surface area contributed by atoms with Gasteiger partial charge in [-0.05, 0) is 71.6 Å². The molecule has 2 heterocycles. The van der Waals surface area contributed by atoms with Crippen molar-refractivity contribution in [3.63, 3.8) is 0 Å². The lowest BCUT2D eigenvalue weighted by Crippen LogP contribution is -2.66. The summed E-state index contributed by atoms with van der Waals surface area (Å²) in [5.74, 6) is -1.23. The first-order valence-electron chi connectivity index (χ1n) is 16.6. The maximum absolute atomic E-state index is 16.6. The third-order valence-electron chi connectivity index (χ3n) is 11.3. The van der Waals surface area contributed by atoms with E-state index < -0.39 is 35.0 Å². The van der Waals surface area contributed by atoms with Crippen LogP contribution in [0.25, 0.3) is 0 Å². The minimum Gasteiger partial charge on any atom is -0.398 e. The van der Waals surface area contributed by atoms with Gasteiger partial charge >= 0.3 is 0 Å². The van der Waals surface area contributed by atoms with Crippen molar-refractivity contribution in [1.29, 1.82) is 0 Å². The van der Waals surface area contributed by atoms with Crippen LogP contribution in [-0.4, -0.2) is 35.1 Å². The summed E-state index contributed by atoms with van der Waals surface area (Å²) in [4.78, 5) is 2.50. The number of nitrogen functional groups attached to an aromatic ring is 1. The topological polar surface area (TPSA) is 80.0 Å². The zero-order valence-electron chi connectivity index (χ0n) is 27.2. The highest BCUT2D eigenvalue weighted by Crippen LogP contribution is 2.67. The highest BCUT2D eigenvalue weighted by molar-refractivity contribution is 6.31. The van der Waals surface area contributed by atoms with Gasteiger partial charge in [-0.3, -0.25) is 4.90 Å². The largest absolute Gasteiger partial charge is 0.398 e. The molecule has 2 saturated heterocycles. The second kappa shape index (κ2) is 13.0. The predicted octanol–water partition coefficient (Wildman–Crippen LogP) is 9.18. The van der Waals surface area contributed by atoms with Crippen LogP contribution in [0.2, 0.25) is 10.0 Å². The van der Waals surface area contributed by atoms with Crippen molar-refractivity contribution < 1.29 is 19.1 Å². The second-order valence-electron chi connectivity index (χ2n) is 14.3. The number of nitrogens with one attached hydrogen (secondary N) is 1. The summed E-state index contributed by atoms with van der Waals surface area (Å²) in [6.07, 6.45) is 2.62. The Morgan fingerprint density at radius 2 is 1.54 bits per heavy atom. The molecule has 0 radical (unpaired) electrons. The molecule has 0 amide bonds. The fourth-order valence-corrected chi connectivity index (χ4v) is 9.44. The van der Waals surface area contributed by atoms with E-state index in [-0.39, 0.29) is 29.9 Å². The van der Waals surface area contributed by atoms with E-state index in [1.165, 1.54) is 0 Å². The number of hydroxylamine groups is 1. The number of nitrogens with zero attached hydrogens (tertiary/aromatic N) is 1. The molecule has 1 saturated carbocycles. The fraction of sp³-hybridized carbons (Fsp3) is 0.385. The van der Waals surface area contributed by atoms with Gasteiger partial charge in [-0.15, -0.1) is 0 Å². The Labute approximate surface area is 291 Å². The number of rotatable bonds is 5. The van der Waals surface area contributed by atoms with Crippen molar-refractivity contribution >= 4 is 28.9 Å². The van der Waals surface area contributed by atoms with Gasteiger partial charge in [-0.1, -0.05) is 116 Å². The van der Waals surface area contributed by atoms with Crippen molar-refractivity contribution in [1.82, 2.24) is 10.4 Å². The van der Waals surface area contributed by atoms with Crippen LogP contribution in [0.15, 0.2) is 97.1 Å². The Morgan fingerprint density at radius 1 is 0.875 bits per heavy atom. The van der Waals surface area contributed by atoms with Gasteiger partial charge in [0, 0.05) is 28.2 Å². The number of anilines is 1. The smallest absolute Gasteiger partial charge is 0.147 e. The van der Waals surface area contributed by atoms with Crippen LogP contribution in [0.1, 0.15) is 79.8 Å². The lowest BCUT2D eigenvalue weighted by atomic mass is 9.57. The van der Waals surface area contributed by atoms with Crippen LogP contribution in [0, 0.1) is 11.2 Å². The number of hydrogen-bond acceptors (Lipinski definition) is 6. The van der Waals surface area contributed by atoms with E-state index in [0.29, 0.717) is 34.7 Å². The monoisotopic (exact) mass is 689 g/mol. The molecule has 7 rings (SSSR count). The SMILES string of the molecule is CC1(C)CCC2(CC1)N1[C@H](c3ccccc3)[C@H](c3ccccc3)OCOC[C@H]1[C@H](c1cccc(Cl)c1F)[C@]2(NO)c1ccc(Cl)cc1N. The maximum Gasteiger partial charge on any atom is 0.147 e. The molecule has 1 spiro atoms. The van der Waals surface area contributed by atoms with Crippen molar-refractivity contribution in [2.45, 2.75) is 74.7 Å². The van der Waals surface area contributed by atoms with Crippen molar-refractivity contribution in [3.05, 3.63) is 135 Å². The molecule has 9 heteroatoms. The first-order chi connectivity index (χ1) is 23.1. The summed E-state index contributed by atoms with van der Waals surface area (Å²) >= 11 is 13.0. The van der Waals surface area contributed by atoms with Crippen LogP contribution in [-0.2, 0) is 15.0 Å². The molecular weight excluding hydrogens is 648 g/mol. The molecule has 4 aromatic rings. The lowest BCUT2D eigenvalue weighted by Gasteiger charge is -2.58. The van der Waals surface area contributed by atoms with Crippen LogP contribution in [0.5, 0.6) is 0 Å². The highest BCUT2D eigenvalue weighted by Gasteiger charge is 2.72. The summed E-state index contributed by atoms with van der Waals surface area (Å²) in [6.45, 7) is 4.82. The van der Waals surface area contributed by atoms with E-state index in [2.05, 4.69) is 48.5 Å². The molecule has 0 unspecified atom stereocenters. The molecule has 0 aromatic heterocycles. The first-order valence-corrected chi connectivity index (χ1v) is 17.4. The number of nitrogens with two attached hydrogens (primary N) is 1. The maximum atomic E-state index is 16.6. The molecule has 4 N–H and O–H groups in total. The minimum absolute atomic E-state index is 0.0116. The summed E-state index contributed by atoms with van der Waals surface area (Å²) in [7, 11) is 0. The molecule has 252 valence electrons.